The first-order chi connectivity index (χ1) is 10.1. The molecule has 0 aliphatic carbocycles. The monoisotopic (exact) mass is 370 g/mol. The second-order valence-electron chi connectivity index (χ2n) is 7.03. The predicted octanol–water partition coefficient (Wildman–Crippen LogP) is 3.15. The number of ether oxygens (including phenoxy) is 1. The normalized spacial score (nSPS) is 25.4. The number of carbonyl (C=O) groups excluding carboxylic acids is 1. The van der Waals surface area contributed by atoms with Crippen LogP contribution in [-0.2, 0) is 11.2 Å². The van der Waals surface area contributed by atoms with Crippen molar-refractivity contribution in [3.8, 4) is 0 Å². The zero-order valence-electron chi connectivity index (χ0n) is 13.5. The minimum Gasteiger partial charge on any atom is -0.444 e. The molecule has 1 aromatic heterocycles. The van der Waals surface area contributed by atoms with Crippen LogP contribution in [-0.4, -0.2) is 44.9 Å². The van der Waals surface area contributed by atoms with E-state index in [0.717, 1.165) is 10.0 Å². The van der Waals surface area contributed by atoms with Gasteiger partial charge in [0.2, 0.25) is 0 Å². The second-order valence-corrected chi connectivity index (χ2v) is 7.88. The van der Waals surface area contributed by atoms with Gasteiger partial charge < -0.3 is 14.7 Å². The van der Waals surface area contributed by atoms with Crippen LogP contribution in [0, 0.1) is 0 Å². The summed E-state index contributed by atoms with van der Waals surface area (Å²) < 4.78 is 6.28. The molecule has 1 fully saturated rings. The van der Waals surface area contributed by atoms with E-state index in [1.165, 1.54) is 0 Å². The smallest absolute Gasteiger partial charge is 0.410 e. The number of hydrogen-bond donors (Lipinski definition) is 1. The fourth-order valence-corrected chi connectivity index (χ4v) is 3.18. The lowest BCUT2D eigenvalue weighted by molar-refractivity contribution is 0.0129. The molecule has 0 unspecified atom stereocenters. The highest BCUT2D eigenvalue weighted by atomic mass is 79.9. The SMILES string of the molecule is C[C@H]1C[C@](O)(Cc2ccncc2Br)CN1C(=O)OC(C)(C)C. The molecular weight excluding hydrogens is 348 g/mol. The highest BCUT2D eigenvalue weighted by Crippen LogP contribution is 2.32. The molecule has 6 heteroatoms. The number of likely N-dealkylation sites (tertiary alicyclic amines) is 1. The summed E-state index contributed by atoms with van der Waals surface area (Å²) in [6.45, 7) is 7.73. The van der Waals surface area contributed by atoms with Crippen LogP contribution in [0.1, 0.15) is 39.7 Å². The Balaban J connectivity index is 2.09. The number of amides is 1. The van der Waals surface area contributed by atoms with E-state index in [-0.39, 0.29) is 18.7 Å². The van der Waals surface area contributed by atoms with Gasteiger partial charge in [-0.05, 0) is 61.7 Å². The quantitative estimate of drug-likeness (QED) is 0.868. The molecule has 1 saturated heterocycles. The Kier molecular flexibility index (Phi) is 4.82. The van der Waals surface area contributed by atoms with Gasteiger partial charge in [-0.15, -0.1) is 0 Å². The lowest BCUT2D eigenvalue weighted by Gasteiger charge is -2.27. The summed E-state index contributed by atoms with van der Waals surface area (Å²) in [4.78, 5) is 17.9. The third-order valence-corrected chi connectivity index (χ3v) is 4.39. The maximum Gasteiger partial charge on any atom is 0.410 e. The Labute approximate surface area is 139 Å². The van der Waals surface area contributed by atoms with Gasteiger partial charge in [0.15, 0.2) is 0 Å². The molecule has 5 nitrogen and oxygen atoms in total. The summed E-state index contributed by atoms with van der Waals surface area (Å²) in [6, 6.07) is 1.82. The zero-order valence-corrected chi connectivity index (χ0v) is 15.1. The Bertz CT molecular complexity index is 559. The Morgan fingerprint density at radius 3 is 2.86 bits per heavy atom. The van der Waals surface area contributed by atoms with Crippen molar-refractivity contribution in [3.63, 3.8) is 0 Å². The first kappa shape index (κ1) is 17.2. The highest BCUT2D eigenvalue weighted by molar-refractivity contribution is 9.10. The van der Waals surface area contributed by atoms with Crippen LogP contribution in [0.25, 0.3) is 0 Å². The van der Waals surface area contributed by atoms with Gasteiger partial charge in [-0.2, -0.15) is 0 Å². The van der Waals surface area contributed by atoms with Crippen molar-refractivity contribution >= 4 is 22.0 Å². The van der Waals surface area contributed by atoms with Gasteiger partial charge in [0.05, 0.1) is 12.1 Å². The summed E-state index contributed by atoms with van der Waals surface area (Å²) in [7, 11) is 0. The van der Waals surface area contributed by atoms with E-state index in [0.29, 0.717) is 12.8 Å². The van der Waals surface area contributed by atoms with Crippen molar-refractivity contribution in [1.82, 2.24) is 9.88 Å². The molecule has 1 aliphatic rings. The Morgan fingerprint density at radius 1 is 1.59 bits per heavy atom. The van der Waals surface area contributed by atoms with Crippen LogP contribution in [0.15, 0.2) is 22.9 Å². The molecule has 2 atom stereocenters. The molecular formula is C16H23BrN2O3. The number of hydrogen-bond acceptors (Lipinski definition) is 4. The summed E-state index contributed by atoms with van der Waals surface area (Å²) in [5.41, 5.74) is -0.498. The molecule has 2 rings (SSSR count). The molecule has 1 aliphatic heterocycles. The lowest BCUT2D eigenvalue weighted by Crippen LogP contribution is -2.41. The largest absolute Gasteiger partial charge is 0.444 e. The maximum atomic E-state index is 12.3. The van der Waals surface area contributed by atoms with E-state index in [1.54, 1.807) is 17.3 Å². The minimum absolute atomic E-state index is 0.0551. The van der Waals surface area contributed by atoms with Gasteiger partial charge >= 0.3 is 6.09 Å². The van der Waals surface area contributed by atoms with E-state index in [2.05, 4.69) is 20.9 Å². The first-order valence-corrected chi connectivity index (χ1v) is 8.19. The van der Waals surface area contributed by atoms with E-state index in [1.807, 2.05) is 33.8 Å². The maximum absolute atomic E-state index is 12.3. The van der Waals surface area contributed by atoms with E-state index >= 15 is 0 Å². The molecule has 1 N–H and O–H groups in total. The molecule has 0 spiro atoms. The number of rotatable bonds is 2. The molecule has 0 saturated carbocycles. The summed E-state index contributed by atoms with van der Waals surface area (Å²) >= 11 is 3.45. The number of β-amino-alcohol motifs (C(OH)–C–C–N with tert-alkyl or cyclic N) is 1. The van der Waals surface area contributed by atoms with Gasteiger partial charge in [-0.25, -0.2) is 4.79 Å². The van der Waals surface area contributed by atoms with Crippen LogP contribution in [0.2, 0.25) is 0 Å². The third kappa shape index (κ3) is 4.20. The van der Waals surface area contributed by atoms with Crippen molar-refractivity contribution in [2.45, 2.75) is 57.8 Å². The molecule has 0 bridgehead atoms. The lowest BCUT2D eigenvalue weighted by atomic mass is 9.93. The summed E-state index contributed by atoms with van der Waals surface area (Å²) in [5, 5.41) is 10.9. The first-order valence-electron chi connectivity index (χ1n) is 7.40. The molecule has 122 valence electrons. The number of carbonyl (C=O) groups is 1. The second kappa shape index (κ2) is 6.16. The average Bonchev–Trinajstić information content (AvgIpc) is 2.66. The number of aliphatic hydroxyl groups is 1. The minimum atomic E-state index is -0.944. The molecule has 22 heavy (non-hydrogen) atoms. The van der Waals surface area contributed by atoms with Gasteiger partial charge in [-0.1, -0.05) is 0 Å². The van der Waals surface area contributed by atoms with E-state index in [9.17, 15) is 9.90 Å². The fourth-order valence-electron chi connectivity index (χ4n) is 2.79. The van der Waals surface area contributed by atoms with Crippen LogP contribution < -0.4 is 0 Å². The standard InChI is InChI=1S/C16H23BrN2O3/c1-11-7-16(21,8-12-5-6-18-9-13(12)17)10-19(11)14(20)22-15(2,3)4/h5-6,9,11,21H,7-8,10H2,1-4H3/t11-,16-/m0/s1. The number of pyridine rings is 1. The van der Waals surface area contributed by atoms with Crippen molar-refractivity contribution in [2.75, 3.05) is 6.54 Å². The van der Waals surface area contributed by atoms with Crippen LogP contribution >= 0.6 is 15.9 Å². The summed E-state index contributed by atoms with van der Waals surface area (Å²) in [5.74, 6) is 0. The number of halogens is 1. The summed E-state index contributed by atoms with van der Waals surface area (Å²) in [6.07, 6.45) is 4.04. The average molecular weight is 371 g/mol. The third-order valence-electron chi connectivity index (χ3n) is 3.68. The van der Waals surface area contributed by atoms with E-state index in [4.69, 9.17) is 4.74 Å². The van der Waals surface area contributed by atoms with Crippen molar-refractivity contribution < 1.29 is 14.6 Å². The molecule has 2 heterocycles. The van der Waals surface area contributed by atoms with E-state index < -0.39 is 11.2 Å². The van der Waals surface area contributed by atoms with Crippen molar-refractivity contribution in [2.24, 2.45) is 0 Å². The highest BCUT2D eigenvalue weighted by Gasteiger charge is 2.44. The van der Waals surface area contributed by atoms with Gasteiger partial charge in [0.1, 0.15) is 5.60 Å². The van der Waals surface area contributed by atoms with Crippen molar-refractivity contribution in [3.05, 3.63) is 28.5 Å². The van der Waals surface area contributed by atoms with Crippen LogP contribution in [0.4, 0.5) is 4.79 Å². The zero-order chi connectivity index (χ0) is 16.5. The van der Waals surface area contributed by atoms with Gasteiger partial charge in [0, 0.05) is 29.3 Å². The van der Waals surface area contributed by atoms with Crippen molar-refractivity contribution in [1.29, 1.82) is 0 Å². The number of nitrogens with zero attached hydrogens (tertiary/aromatic N) is 2. The molecule has 0 radical (unpaired) electrons. The molecule has 0 aromatic carbocycles. The van der Waals surface area contributed by atoms with Crippen LogP contribution in [0.5, 0.6) is 0 Å². The predicted molar refractivity (Wildman–Crippen MR) is 87.6 cm³/mol. The topological polar surface area (TPSA) is 62.7 Å². The number of aromatic nitrogens is 1. The fraction of sp³-hybridized carbons (Fsp3) is 0.625. The molecule has 1 amide bonds. The van der Waals surface area contributed by atoms with Gasteiger partial charge in [-0.3, -0.25) is 4.98 Å². The molecule has 1 aromatic rings. The Hall–Kier alpha value is -1.14. The van der Waals surface area contributed by atoms with Gasteiger partial charge in [0.25, 0.3) is 0 Å². The van der Waals surface area contributed by atoms with Crippen LogP contribution in [0.3, 0.4) is 0 Å². The Morgan fingerprint density at radius 2 is 2.27 bits per heavy atom.